The van der Waals surface area contributed by atoms with E-state index in [1.54, 1.807) is 6.07 Å². The third-order valence-corrected chi connectivity index (χ3v) is 7.94. The molecule has 13 heteroatoms. The molecule has 3 aromatic rings. The number of nitro groups is 1. The minimum atomic E-state index is -4.43. The Hall–Kier alpha value is -4.36. The molecule has 208 valence electrons. The summed E-state index contributed by atoms with van der Waals surface area (Å²) in [7, 11) is -3.13. The van der Waals surface area contributed by atoms with E-state index in [4.69, 9.17) is 13.7 Å². The first-order chi connectivity index (χ1) is 19.0. The van der Waals surface area contributed by atoms with Crippen molar-refractivity contribution >= 4 is 44.8 Å². The molecule has 1 fully saturated rings. The zero-order valence-corrected chi connectivity index (χ0v) is 23.3. The molecule has 4 rings (SSSR count). The molecular formula is C27H24N2O9S2. The summed E-state index contributed by atoms with van der Waals surface area (Å²) >= 11 is 0.775. The number of nitro benzene ring substituents is 1. The molecule has 0 atom stereocenters. The summed E-state index contributed by atoms with van der Waals surface area (Å²) in [6.45, 7) is 3.62. The van der Waals surface area contributed by atoms with Gasteiger partial charge in [-0.15, -0.1) is 0 Å². The Morgan fingerprint density at radius 1 is 1.02 bits per heavy atom. The molecular weight excluding hydrogens is 560 g/mol. The molecule has 11 nitrogen and oxygen atoms in total. The zero-order chi connectivity index (χ0) is 29.0. The quantitative estimate of drug-likeness (QED) is 0.137. The highest BCUT2D eigenvalue weighted by Crippen LogP contribution is 2.36. The van der Waals surface area contributed by atoms with Crippen molar-refractivity contribution in [1.29, 1.82) is 0 Å². The Balaban J connectivity index is 1.48. The predicted molar refractivity (Wildman–Crippen MR) is 148 cm³/mol. The lowest BCUT2D eigenvalue weighted by Gasteiger charge is -2.13. The molecule has 2 amide bonds. The van der Waals surface area contributed by atoms with Crippen LogP contribution in [-0.2, 0) is 14.9 Å². The average Bonchev–Trinajstić information content (AvgIpc) is 3.16. The van der Waals surface area contributed by atoms with Gasteiger partial charge < -0.3 is 13.7 Å². The van der Waals surface area contributed by atoms with Crippen molar-refractivity contribution in [3.63, 3.8) is 0 Å². The van der Waals surface area contributed by atoms with Crippen LogP contribution in [0.5, 0.6) is 17.2 Å². The van der Waals surface area contributed by atoms with E-state index in [-0.39, 0.29) is 35.2 Å². The average molecular weight is 585 g/mol. The number of aryl methyl sites for hydroxylation is 2. The van der Waals surface area contributed by atoms with E-state index in [1.165, 1.54) is 50.4 Å². The number of hydrogen-bond acceptors (Lipinski definition) is 10. The fraction of sp³-hybridized carbons (Fsp3) is 0.185. The Labute approximate surface area is 234 Å². The summed E-state index contributed by atoms with van der Waals surface area (Å²) in [5.41, 5.74) is 1.42. The van der Waals surface area contributed by atoms with Crippen molar-refractivity contribution in [1.82, 2.24) is 4.90 Å². The van der Waals surface area contributed by atoms with Gasteiger partial charge in [-0.1, -0.05) is 24.3 Å². The van der Waals surface area contributed by atoms with E-state index >= 15 is 0 Å². The molecule has 0 aliphatic carbocycles. The molecule has 0 saturated carbocycles. The van der Waals surface area contributed by atoms with Crippen molar-refractivity contribution in [2.45, 2.75) is 18.7 Å². The van der Waals surface area contributed by atoms with Crippen LogP contribution in [0.2, 0.25) is 0 Å². The Bertz CT molecular complexity index is 1630. The molecule has 1 aliphatic heterocycles. The lowest BCUT2D eigenvalue weighted by Crippen LogP contribution is -2.32. The zero-order valence-electron chi connectivity index (χ0n) is 21.7. The topological polar surface area (TPSA) is 142 Å². The van der Waals surface area contributed by atoms with Gasteiger partial charge in [0.25, 0.3) is 16.8 Å². The normalized spacial score (nSPS) is 14.5. The number of carbonyl (C=O) groups is 2. The number of nitrogens with zero attached hydrogens (tertiary/aromatic N) is 2. The van der Waals surface area contributed by atoms with E-state index in [2.05, 4.69) is 0 Å². The summed E-state index contributed by atoms with van der Waals surface area (Å²) in [6.07, 6.45) is 1.48. The van der Waals surface area contributed by atoms with Gasteiger partial charge in [-0.05, 0) is 73.1 Å². The monoisotopic (exact) mass is 584 g/mol. The maximum atomic E-state index is 12.9. The number of amides is 2. The summed E-state index contributed by atoms with van der Waals surface area (Å²) in [5.74, 6) is 0.0270. The fourth-order valence-electron chi connectivity index (χ4n) is 3.75. The van der Waals surface area contributed by atoms with E-state index in [0.29, 0.717) is 16.9 Å². The van der Waals surface area contributed by atoms with E-state index in [1.807, 2.05) is 25.1 Å². The van der Waals surface area contributed by atoms with Crippen LogP contribution in [0.4, 0.5) is 10.5 Å². The van der Waals surface area contributed by atoms with Crippen LogP contribution >= 0.6 is 11.8 Å². The molecule has 0 unspecified atom stereocenters. The largest absolute Gasteiger partial charge is 0.493 e. The highest BCUT2D eigenvalue weighted by atomic mass is 32.2. The molecule has 1 heterocycles. The molecule has 0 bridgehead atoms. The van der Waals surface area contributed by atoms with Crippen LogP contribution < -0.4 is 13.7 Å². The van der Waals surface area contributed by atoms with Gasteiger partial charge in [0.2, 0.25) is 0 Å². The summed E-state index contributed by atoms with van der Waals surface area (Å²) in [5, 5.41) is 10.8. The van der Waals surface area contributed by atoms with Crippen molar-refractivity contribution < 1.29 is 36.6 Å². The van der Waals surface area contributed by atoms with E-state index in [9.17, 15) is 28.1 Å². The van der Waals surface area contributed by atoms with E-state index < -0.39 is 31.1 Å². The standard InChI is InChI=1S/C27H24N2O9S2/c1-17-5-4-6-20(13-17)37-12-11-28-26(30)25(39-27(28)31)15-19-8-10-23(24(14-19)36-3)38-40(34,35)21-9-7-18(2)22(16-21)29(32)33/h4-10,13-16H,11-12H2,1-3H3/b25-15-. The van der Waals surface area contributed by atoms with Crippen LogP contribution in [0.25, 0.3) is 6.08 Å². The molecule has 1 saturated heterocycles. The second-order valence-electron chi connectivity index (χ2n) is 8.65. The van der Waals surface area contributed by atoms with Crippen molar-refractivity contribution in [3.8, 4) is 17.2 Å². The summed E-state index contributed by atoms with van der Waals surface area (Å²) in [6, 6.07) is 15.1. The Morgan fingerprint density at radius 3 is 2.50 bits per heavy atom. The molecule has 1 aliphatic rings. The summed E-state index contributed by atoms with van der Waals surface area (Å²) in [4.78, 5) is 36.7. The van der Waals surface area contributed by atoms with Gasteiger partial charge in [-0.2, -0.15) is 8.42 Å². The number of ether oxygens (including phenoxy) is 2. The van der Waals surface area contributed by atoms with Gasteiger partial charge in [-0.3, -0.25) is 24.6 Å². The van der Waals surface area contributed by atoms with Gasteiger partial charge in [-0.25, -0.2) is 0 Å². The van der Waals surface area contributed by atoms with Crippen molar-refractivity contribution in [2.75, 3.05) is 20.3 Å². The van der Waals surface area contributed by atoms with Crippen LogP contribution in [-0.4, -0.2) is 49.6 Å². The number of imide groups is 1. The molecule has 0 aromatic heterocycles. The van der Waals surface area contributed by atoms with Gasteiger partial charge in [0.15, 0.2) is 11.5 Å². The third-order valence-electron chi connectivity index (χ3n) is 5.80. The SMILES string of the molecule is COc1cc(/C=C2\SC(=O)N(CCOc3cccc(C)c3)C2=O)ccc1OS(=O)(=O)c1ccc(C)c([N+](=O)[O-])c1. The number of rotatable bonds is 10. The second-order valence-corrected chi connectivity index (χ2v) is 11.2. The molecule has 0 spiro atoms. The highest BCUT2D eigenvalue weighted by Gasteiger charge is 2.35. The van der Waals surface area contributed by atoms with Gasteiger partial charge in [0.05, 0.1) is 23.5 Å². The first-order valence-electron chi connectivity index (χ1n) is 11.8. The van der Waals surface area contributed by atoms with E-state index in [0.717, 1.165) is 28.3 Å². The van der Waals surface area contributed by atoms with Gasteiger partial charge in [0, 0.05) is 11.6 Å². The lowest BCUT2D eigenvalue weighted by atomic mass is 10.2. The van der Waals surface area contributed by atoms with Gasteiger partial charge in [0.1, 0.15) is 17.3 Å². The maximum Gasteiger partial charge on any atom is 0.339 e. The molecule has 0 N–H and O–H groups in total. The number of benzene rings is 3. The highest BCUT2D eigenvalue weighted by molar-refractivity contribution is 8.18. The second kappa shape index (κ2) is 11.8. The molecule has 0 radical (unpaired) electrons. The number of thioether (sulfide) groups is 1. The first kappa shape index (κ1) is 28.6. The minimum absolute atomic E-state index is 0.0321. The van der Waals surface area contributed by atoms with Crippen molar-refractivity contribution in [2.24, 2.45) is 0 Å². The fourth-order valence-corrected chi connectivity index (χ4v) is 5.58. The third kappa shape index (κ3) is 6.43. The van der Waals surface area contributed by atoms with Crippen LogP contribution in [0, 0.1) is 24.0 Å². The molecule has 3 aromatic carbocycles. The lowest BCUT2D eigenvalue weighted by molar-refractivity contribution is -0.385. The summed E-state index contributed by atoms with van der Waals surface area (Å²) < 4.78 is 41.8. The van der Waals surface area contributed by atoms with Crippen molar-refractivity contribution in [3.05, 3.63) is 92.4 Å². The van der Waals surface area contributed by atoms with Crippen LogP contribution in [0.1, 0.15) is 16.7 Å². The maximum absolute atomic E-state index is 12.9. The molecule has 40 heavy (non-hydrogen) atoms. The predicted octanol–water partition coefficient (Wildman–Crippen LogP) is 5.10. The van der Waals surface area contributed by atoms with Crippen LogP contribution in [0.3, 0.4) is 0 Å². The minimum Gasteiger partial charge on any atom is -0.493 e. The first-order valence-corrected chi connectivity index (χ1v) is 14.0. The number of methoxy groups -OCH3 is 1. The van der Waals surface area contributed by atoms with Gasteiger partial charge >= 0.3 is 10.1 Å². The van der Waals surface area contributed by atoms with Crippen LogP contribution in [0.15, 0.2) is 70.5 Å². The Morgan fingerprint density at radius 2 is 1.80 bits per heavy atom. The smallest absolute Gasteiger partial charge is 0.339 e. The number of carbonyl (C=O) groups excluding carboxylic acids is 2. The Kier molecular flexibility index (Phi) is 8.45. The number of hydrogen-bond donors (Lipinski definition) is 0.